The van der Waals surface area contributed by atoms with Gasteiger partial charge in [-0.15, -0.1) is 0 Å². The predicted octanol–water partition coefficient (Wildman–Crippen LogP) is 2.21. The molecule has 0 aromatic heterocycles. The second-order valence-electron chi connectivity index (χ2n) is 3.98. The Bertz CT molecular complexity index is 414. The Labute approximate surface area is 96.8 Å². The number of nitrogens with two attached hydrogens (primary N) is 1. The molecular formula is C11H13F3N2O. The van der Waals surface area contributed by atoms with Crippen molar-refractivity contribution in [2.45, 2.75) is 25.6 Å². The Morgan fingerprint density at radius 2 is 1.71 bits per heavy atom. The Morgan fingerprint density at radius 3 is 2.06 bits per heavy atom. The lowest BCUT2D eigenvalue weighted by molar-refractivity contribution is -0.180. The maximum Gasteiger partial charge on any atom is 0.420 e. The summed E-state index contributed by atoms with van der Waals surface area (Å²) < 4.78 is 38.3. The predicted molar refractivity (Wildman–Crippen MR) is 58.5 cm³/mol. The fraction of sp³-hybridized carbons (Fsp3) is 0.364. The van der Waals surface area contributed by atoms with Crippen LogP contribution in [0.1, 0.15) is 12.5 Å². The minimum absolute atomic E-state index is 0.189. The summed E-state index contributed by atoms with van der Waals surface area (Å²) in [5, 5.41) is 2.12. The minimum atomic E-state index is -4.76. The van der Waals surface area contributed by atoms with Gasteiger partial charge in [0.15, 0.2) is 0 Å². The Balaban J connectivity index is 3.04. The summed E-state index contributed by atoms with van der Waals surface area (Å²) in [6, 6.07) is 6.20. The van der Waals surface area contributed by atoms with Crippen LogP contribution in [0.2, 0.25) is 0 Å². The van der Waals surface area contributed by atoms with Crippen molar-refractivity contribution in [2.75, 3.05) is 5.32 Å². The number of carbonyl (C=O) groups excluding carboxylic acids is 1. The molecule has 3 nitrogen and oxygen atoms in total. The number of halogens is 3. The molecule has 1 atom stereocenters. The smallest absolute Gasteiger partial charge is 0.367 e. The number of aryl methyl sites for hydroxylation is 1. The molecule has 0 saturated carbocycles. The van der Waals surface area contributed by atoms with Gasteiger partial charge in [-0.3, -0.25) is 4.79 Å². The quantitative estimate of drug-likeness (QED) is 0.859. The maximum absolute atomic E-state index is 12.8. The summed E-state index contributed by atoms with van der Waals surface area (Å²) in [4.78, 5) is 11.0. The van der Waals surface area contributed by atoms with Crippen LogP contribution in [0.15, 0.2) is 24.3 Å². The number of amides is 1. The molecule has 0 bridgehead atoms. The highest BCUT2D eigenvalue weighted by molar-refractivity contribution is 5.88. The molecular weight excluding hydrogens is 233 g/mol. The van der Waals surface area contributed by atoms with Crippen molar-refractivity contribution in [1.29, 1.82) is 0 Å². The van der Waals surface area contributed by atoms with Crippen molar-refractivity contribution in [2.24, 2.45) is 5.73 Å². The topological polar surface area (TPSA) is 55.1 Å². The second kappa shape index (κ2) is 4.27. The Morgan fingerprint density at radius 1 is 1.24 bits per heavy atom. The zero-order valence-corrected chi connectivity index (χ0v) is 9.43. The third kappa shape index (κ3) is 2.69. The van der Waals surface area contributed by atoms with E-state index in [9.17, 15) is 18.0 Å². The number of anilines is 1. The van der Waals surface area contributed by atoms with E-state index in [1.165, 1.54) is 12.1 Å². The number of hydrogen-bond acceptors (Lipinski definition) is 2. The molecule has 1 aromatic carbocycles. The van der Waals surface area contributed by atoms with E-state index in [4.69, 9.17) is 5.73 Å². The van der Waals surface area contributed by atoms with Crippen LogP contribution in [0, 0.1) is 6.92 Å². The van der Waals surface area contributed by atoms with Crippen LogP contribution in [0.25, 0.3) is 0 Å². The summed E-state index contributed by atoms with van der Waals surface area (Å²) in [6.07, 6.45) is -4.76. The van der Waals surface area contributed by atoms with Gasteiger partial charge < -0.3 is 11.1 Å². The lowest BCUT2D eigenvalue weighted by Gasteiger charge is -2.30. The molecule has 0 spiro atoms. The zero-order chi connectivity index (χ0) is 13.3. The van der Waals surface area contributed by atoms with E-state index >= 15 is 0 Å². The fourth-order valence-corrected chi connectivity index (χ4v) is 1.20. The average Bonchev–Trinajstić information content (AvgIpc) is 2.19. The maximum atomic E-state index is 12.8. The summed E-state index contributed by atoms with van der Waals surface area (Å²) >= 11 is 0. The molecule has 1 aromatic rings. The van der Waals surface area contributed by atoms with Gasteiger partial charge in [0.2, 0.25) is 5.54 Å². The number of rotatable bonds is 3. The van der Waals surface area contributed by atoms with E-state index in [0.717, 1.165) is 12.5 Å². The van der Waals surface area contributed by atoms with E-state index in [2.05, 4.69) is 5.32 Å². The molecule has 1 rings (SSSR count). The van der Waals surface area contributed by atoms with Gasteiger partial charge in [-0.2, -0.15) is 13.2 Å². The van der Waals surface area contributed by atoms with Gasteiger partial charge in [0, 0.05) is 5.69 Å². The van der Waals surface area contributed by atoms with Crippen LogP contribution in [0.4, 0.5) is 18.9 Å². The number of nitrogens with one attached hydrogen (secondary N) is 1. The summed E-state index contributed by atoms with van der Waals surface area (Å²) in [6.45, 7) is 2.52. The average molecular weight is 246 g/mol. The molecule has 1 amide bonds. The van der Waals surface area contributed by atoms with Crippen molar-refractivity contribution in [3.8, 4) is 0 Å². The van der Waals surface area contributed by atoms with Gasteiger partial charge in [-0.25, -0.2) is 0 Å². The Hall–Kier alpha value is -1.72. The van der Waals surface area contributed by atoms with Crippen molar-refractivity contribution in [3.05, 3.63) is 29.8 Å². The standard InChI is InChI=1S/C11H13F3N2O/c1-7-3-5-8(6-4-7)16-10(2,9(15)17)11(12,13)14/h3-6,16H,1-2H3,(H2,15,17). The first-order chi connectivity index (χ1) is 7.67. The van der Waals surface area contributed by atoms with Crippen molar-refractivity contribution < 1.29 is 18.0 Å². The molecule has 0 fully saturated rings. The van der Waals surface area contributed by atoms with Crippen LogP contribution >= 0.6 is 0 Å². The highest BCUT2D eigenvalue weighted by atomic mass is 19.4. The molecule has 1 unspecified atom stereocenters. The summed E-state index contributed by atoms with van der Waals surface area (Å²) in [5.74, 6) is -1.47. The van der Waals surface area contributed by atoms with Crippen LogP contribution < -0.4 is 11.1 Å². The molecule has 0 aliphatic heterocycles. The van der Waals surface area contributed by atoms with Gasteiger partial charge in [0.1, 0.15) is 0 Å². The van der Waals surface area contributed by atoms with Crippen LogP contribution in [0.3, 0.4) is 0 Å². The van der Waals surface area contributed by atoms with E-state index < -0.39 is 17.6 Å². The summed E-state index contributed by atoms with van der Waals surface area (Å²) in [5.41, 5.74) is 3.13. The van der Waals surface area contributed by atoms with Crippen molar-refractivity contribution in [1.82, 2.24) is 0 Å². The number of carbonyl (C=O) groups is 1. The normalized spacial score (nSPS) is 15.1. The number of alkyl halides is 3. The number of benzene rings is 1. The lowest BCUT2D eigenvalue weighted by atomic mass is 10.00. The molecule has 0 saturated heterocycles. The van der Waals surface area contributed by atoms with Gasteiger partial charge in [-0.1, -0.05) is 17.7 Å². The molecule has 0 heterocycles. The van der Waals surface area contributed by atoms with Crippen molar-refractivity contribution >= 4 is 11.6 Å². The fourth-order valence-electron chi connectivity index (χ4n) is 1.20. The molecule has 0 radical (unpaired) electrons. The van der Waals surface area contributed by atoms with E-state index in [-0.39, 0.29) is 5.69 Å². The third-order valence-corrected chi connectivity index (χ3v) is 2.51. The first-order valence-corrected chi connectivity index (χ1v) is 4.88. The second-order valence-corrected chi connectivity index (χ2v) is 3.98. The first-order valence-electron chi connectivity index (χ1n) is 4.88. The van der Waals surface area contributed by atoms with Gasteiger partial charge in [0.05, 0.1) is 0 Å². The highest BCUT2D eigenvalue weighted by Gasteiger charge is 2.56. The van der Waals surface area contributed by atoms with E-state index in [1.54, 1.807) is 19.1 Å². The van der Waals surface area contributed by atoms with Gasteiger partial charge >= 0.3 is 6.18 Å². The number of primary amides is 1. The molecule has 0 aliphatic carbocycles. The van der Waals surface area contributed by atoms with Crippen LogP contribution in [0.5, 0.6) is 0 Å². The molecule has 3 N–H and O–H groups in total. The number of hydrogen-bond donors (Lipinski definition) is 2. The first kappa shape index (κ1) is 13.3. The lowest BCUT2D eigenvalue weighted by Crippen LogP contribution is -2.58. The minimum Gasteiger partial charge on any atom is -0.367 e. The molecule has 17 heavy (non-hydrogen) atoms. The molecule has 94 valence electrons. The highest BCUT2D eigenvalue weighted by Crippen LogP contribution is 2.33. The Kier molecular flexibility index (Phi) is 3.35. The summed E-state index contributed by atoms with van der Waals surface area (Å²) in [7, 11) is 0. The monoisotopic (exact) mass is 246 g/mol. The van der Waals surface area contributed by atoms with Gasteiger partial charge in [-0.05, 0) is 26.0 Å². The third-order valence-electron chi connectivity index (χ3n) is 2.51. The van der Waals surface area contributed by atoms with E-state index in [0.29, 0.717) is 0 Å². The van der Waals surface area contributed by atoms with Crippen LogP contribution in [-0.2, 0) is 4.79 Å². The van der Waals surface area contributed by atoms with Crippen molar-refractivity contribution in [3.63, 3.8) is 0 Å². The van der Waals surface area contributed by atoms with E-state index in [1.807, 2.05) is 0 Å². The molecule has 0 aliphatic rings. The zero-order valence-electron chi connectivity index (χ0n) is 9.43. The SMILES string of the molecule is Cc1ccc(NC(C)(C(N)=O)C(F)(F)F)cc1. The largest absolute Gasteiger partial charge is 0.420 e. The van der Waals surface area contributed by atoms with Crippen LogP contribution in [-0.4, -0.2) is 17.6 Å². The van der Waals surface area contributed by atoms with Gasteiger partial charge in [0.25, 0.3) is 5.91 Å². The molecule has 6 heteroatoms.